The van der Waals surface area contributed by atoms with Crippen molar-refractivity contribution in [2.75, 3.05) is 0 Å². The van der Waals surface area contributed by atoms with E-state index in [0.717, 1.165) is 22.2 Å². The molecule has 22 heavy (non-hydrogen) atoms. The highest BCUT2D eigenvalue weighted by Crippen LogP contribution is 2.27. The van der Waals surface area contributed by atoms with E-state index in [1.807, 2.05) is 31.2 Å². The summed E-state index contributed by atoms with van der Waals surface area (Å²) in [6.07, 6.45) is -0.139. The average Bonchev–Trinajstić information content (AvgIpc) is 2.49. The average molecular weight is 318 g/mol. The lowest BCUT2D eigenvalue weighted by Crippen LogP contribution is -2.20. The van der Waals surface area contributed by atoms with Crippen molar-refractivity contribution in [3.8, 4) is 0 Å². The molecule has 0 aliphatic heterocycles. The van der Waals surface area contributed by atoms with Gasteiger partial charge >= 0.3 is 5.97 Å². The van der Waals surface area contributed by atoms with Crippen molar-refractivity contribution < 1.29 is 19.1 Å². The van der Waals surface area contributed by atoms with E-state index in [0.29, 0.717) is 5.56 Å². The van der Waals surface area contributed by atoms with E-state index >= 15 is 0 Å². The molecule has 0 aliphatic carbocycles. The second kappa shape index (κ2) is 7.22. The minimum atomic E-state index is -1.04. The van der Waals surface area contributed by atoms with Gasteiger partial charge in [-0.1, -0.05) is 17.7 Å². The number of aryl methyl sites for hydroxylation is 1. The summed E-state index contributed by atoms with van der Waals surface area (Å²) >= 11 is 1.14. The summed E-state index contributed by atoms with van der Waals surface area (Å²) in [7, 11) is 0. The van der Waals surface area contributed by atoms with Crippen LogP contribution < -0.4 is 0 Å². The molecule has 2 aromatic carbocycles. The molecule has 2 aromatic rings. The van der Waals surface area contributed by atoms with Gasteiger partial charge in [0.05, 0.1) is 0 Å². The van der Waals surface area contributed by atoms with Gasteiger partial charge in [0.1, 0.15) is 11.1 Å². The highest BCUT2D eigenvalue weighted by molar-refractivity contribution is 8.00. The molecular weight excluding hydrogens is 303 g/mol. The normalized spacial score (nSPS) is 11.9. The van der Waals surface area contributed by atoms with Gasteiger partial charge in [-0.05, 0) is 43.3 Å². The summed E-state index contributed by atoms with van der Waals surface area (Å²) in [4.78, 5) is 24.3. The van der Waals surface area contributed by atoms with E-state index in [1.54, 1.807) is 0 Å². The van der Waals surface area contributed by atoms with Crippen LogP contribution in [0.3, 0.4) is 0 Å². The molecule has 0 amide bonds. The first kappa shape index (κ1) is 16.2. The Morgan fingerprint density at radius 1 is 1.09 bits per heavy atom. The van der Waals surface area contributed by atoms with E-state index in [1.165, 1.54) is 24.3 Å². The number of carboxylic acid groups (broad SMARTS) is 1. The van der Waals surface area contributed by atoms with Crippen LogP contribution in [0.25, 0.3) is 0 Å². The molecule has 0 aromatic heterocycles. The van der Waals surface area contributed by atoms with Crippen LogP contribution in [-0.4, -0.2) is 22.1 Å². The van der Waals surface area contributed by atoms with Gasteiger partial charge in [0.25, 0.3) is 0 Å². The van der Waals surface area contributed by atoms with Crippen molar-refractivity contribution in [3.05, 3.63) is 65.5 Å². The summed E-state index contributed by atoms with van der Waals surface area (Å²) in [6.45, 7) is 1.95. The lowest BCUT2D eigenvalue weighted by Gasteiger charge is -2.11. The number of thioether (sulfide) groups is 1. The number of hydrogen-bond acceptors (Lipinski definition) is 3. The zero-order valence-electron chi connectivity index (χ0n) is 12.0. The van der Waals surface area contributed by atoms with Gasteiger partial charge in [-0.15, -0.1) is 11.8 Å². The van der Waals surface area contributed by atoms with Gasteiger partial charge in [0.15, 0.2) is 5.78 Å². The number of carbonyl (C=O) groups excluding carboxylic acids is 1. The maximum atomic E-state index is 12.9. The smallest absolute Gasteiger partial charge is 0.317 e. The van der Waals surface area contributed by atoms with Crippen molar-refractivity contribution in [1.29, 1.82) is 0 Å². The largest absolute Gasteiger partial charge is 0.480 e. The molecule has 3 nitrogen and oxygen atoms in total. The van der Waals surface area contributed by atoms with Gasteiger partial charge in [0, 0.05) is 16.9 Å². The summed E-state index contributed by atoms with van der Waals surface area (Å²) in [5.41, 5.74) is 1.40. The summed E-state index contributed by atoms with van der Waals surface area (Å²) in [6, 6.07) is 12.6. The molecule has 0 radical (unpaired) electrons. The molecule has 0 heterocycles. The van der Waals surface area contributed by atoms with Crippen LogP contribution in [0, 0.1) is 12.7 Å². The minimum absolute atomic E-state index is 0.139. The first-order valence-corrected chi connectivity index (χ1v) is 7.58. The van der Waals surface area contributed by atoms with Crippen molar-refractivity contribution in [2.24, 2.45) is 0 Å². The van der Waals surface area contributed by atoms with Gasteiger partial charge in [-0.2, -0.15) is 0 Å². The summed E-state index contributed by atoms with van der Waals surface area (Å²) < 4.78 is 12.9. The third-order valence-electron chi connectivity index (χ3n) is 3.11. The molecule has 1 N–H and O–H groups in total. The predicted molar refractivity (Wildman–Crippen MR) is 83.8 cm³/mol. The molecule has 1 atom stereocenters. The van der Waals surface area contributed by atoms with Gasteiger partial charge < -0.3 is 5.11 Å². The molecule has 114 valence electrons. The van der Waals surface area contributed by atoms with Gasteiger partial charge in [-0.25, -0.2) is 4.39 Å². The molecule has 0 bridgehead atoms. The molecule has 0 fully saturated rings. The molecule has 5 heteroatoms. The Morgan fingerprint density at radius 3 is 2.23 bits per heavy atom. The Bertz CT molecular complexity index is 665. The monoisotopic (exact) mass is 318 g/mol. The number of benzene rings is 2. The molecule has 2 rings (SSSR count). The van der Waals surface area contributed by atoms with Crippen LogP contribution >= 0.6 is 11.8 Å². The van der Waals surface area contributed by atoms with E-state index in [-0.39, 0.29) is 12.2 Å². The number of carboxylic acids is 1. The fourth-order valence-electron chi connectivity index (χ4n) is 1.88. The second-order valence-corrected chi connectivity index (χ2v) is 6.17. The first-order valence-electron chi connectivity index (χ1n) is 6.70. The Balaban J connectivity index is 2.08. The molecular formula is C17H15FO3S. The lowest BCUT2D eigenvalue weighted by molar-refractivity contribution is -0.136. The second-order valence-electron chi connectivity index (χ2n) is 4.89. The Kier molecular flexibility index (Phi) is 5.33. The SMILES string of the molecule is Cc1ccc(S[C@@H](CC(=O)c2ccc(F)cc2)C(=O)O)cc1. The first-order chi connectivity index (χ1) is 10.5. The third kappa shape index (κ3) is 4.43. The van der Waals surface area contributed by atoms with Gasteiger partial charge in [0.2, 0.25) is 0 Å². The topological polar surface area (TPSA) is 54.4 Å². The van der Waals surface area contributed by atoms with Crippen molar-refractivity contribution >= 4 is 23.5 Å². The molecule has 0 spiro atoms. The number of hydrogen-bond donors (Lipinski definition) is 1. The minimum Gasteiger partial charge on any atom is -0.480 e. The van der Waals surface area contributed by atoms with Crippen molar-refractivity contribution in [3.63, 3.8) is 0 Å². The van der Waals surface area contributed by atoms with E-state index < -0.39 is 17.0 Å². The highest BCUT2D eigenvalue weighted by Gasteiger charge is 2.23. The van der Waals surface area contributed by atoms with Crippen molar-refractivity contribution in [2.45, 2.75) is 23.5 Å². The molecule has 0 unspecified atom stereocenters. The van der Waals surface area contributed by atoms with Crippen LogP contribution in [0.2, 0.25) is 0 Å². The van der Waals surface area contributed by atoms with E-state index in [4.69, 9.17) is 0 Å². The standard InChI is InChI=1S/C17H15FO3S/c1-11-2-8-14(9-3-11)22-16(17(20)21)10-15(19)12-4-6-13(18)7-5-12/h2-9,16H,10H2,1H3,(H,20,21)/t16-/m0/s1. The predicted octanol–water partition coefficient (Wildman–Crippen LogP) is 3.95. The number of ketones is 1. The Hall–Kier alpha value is -2.14. The summed E-state index contributed by atoms with van der Waals surface area (Å²) in [5.74, 6) is -1.78. The van der Waals surface area contributed by atoms with Gasteiger partial charge in [-0.3, -0.25) is 9.59 Å². The number of Topliss-reactive ketones (excluding diaryl/α,β-unsaturated/α-hetero) is 1. The molecule has 0 saturated heterocycles. The Labute approximate surface area is 132 Å². The number of halogens is 1. The maximum absolute atomic E-state index is 12.9. The zero-order valence-corrected chi connectivity index (χ0v) is 12.8. The third-order valence-corrected chi connectivity index (χ3v) is 4.31. The molecule has 0 saturated carbocycles. The van der Waals surface area contributed by atoms with E-state index in [2.05, 4.69) is 0 Å². The zero-order chi connectivity index (χ0) is 16.1. The van der Waals surface area contributed by atoms with Crippen LogP contribution in [-0.2, 0) is 4.79 Å². The number of carbonyl (C=O) groups is 2. The quantitative estimate of drug-likeness (QED) is 0.647. The van der Waals surface area contributed by atoms with Crippen LogP contribution in [0.15, 0.2) is 53.4 Å². The summed E-state index contributed by atoms with van der Waals surface area (Å²) in [5, 5.41) is 8.42. The van der Waals surface area contributed by atoms with Crippen molar-refractivity contribution in [1.82, 2.24) is 0 Å². The van der Waals surface area contributed by atoms with Crippen LogP contribution in [0.1, 0.15) is 22.3 Å². The fraction of sp³-hybridized carbons (Fsp3) is 0.176. The van der Waals surface area contributed by atoms with Crippen LogP contribution in [0.5, 0.6) is 0 Å². The Morgan fingerprint density at radius 2 is 1.68 bits per heavy atom. The lowest BCUT2D eigenvalue weighted by atomic mass is 10.1. The van der Waals surface area contributed by atoms with Crippen LogP contribution in [0.4, 0.5) is 4.39 Å². The highest BCUT2D eigenvalue weighted by atomic mass is 32.2. The van der Waals surface area contributed by atoms with E-state index in [9.17, 15) is 19.1 Å². The fourth-order valence-corrected chi connectivity index (χ4v) is 2.84. The number of rotatable bonds is 6. The maximum Gasteiger partial charge on any atom is 0.317 e. The molecule has 0 aliphatic rings. The number of aliphatic carboxylic acids is 1.